The van der Waals surface area contributed by atoms with Crippen molar-refractivity contribution in [3.05, 3.63) is 78.0 Å². The van der Waals surface area contributed by atoms with Gasteiger partial charge in [-0.1, -0.05) is 0 Å². The first-order valence-electron chi connectivity index (χ1n) is 12.2. The van der Waals surface area contributed by atoms with E-state index < -0.39 is 5.91 Å². The summed E-state index contributed by atoms with van der Waals surface area (Å²) in [6.45, 7) is 3.87. The largest absolute Gasteiger partial charge is 0.493 e. The summed E-state index contributed by atoms with van der Waals surface area (Å²) in [6.07, 6.45) is 3.18. The highest BCUT2D eigenvalue weighted by Gasteiger charge is 2.21. The van der Waals surface area contributed by atoms with E-state index in [0.29, 0.717) is 46.0 Å². The van der Waals surface area contributed by atoms with Crippen LogP contribution in [0, 0.1) is 12.7 Å². The standard InChI is InChI=1S/C28H25FN6O5/c1-5-39-24-15-35(20-7-6-17(29)12-16(20)2)34-27(24)28(36)31-25-8-9-26(33-32-25)40-21-10-11-30-19-14-23(38-4)22(37-3)13-18(19)21/h6-15H,5H2,1-4H3,(H,31,32,36). The second kappa shape index (κ2) is 11.2. The molecular weight excluding hydrogens is 519 g/mol. The molecular formula is C28H25FN6O5. The molecule has 0 fully saturated rings. The van der Waals surface area contributed by atoms with Crippen LogP contribution in [-0.4, -0.2) is 51.7 Å². The molecule has 0 saturated carbocycles. The molecule has 0 aliphatic heterocycles. The van der Waals surface area contributed by atoms with Crippen molar-refractivity contribution in [2.24, 2.45) is 0 Å². The fraction of sp³-hybridized carbons (Fsp3) is 0.179. The number of nitrogens with zero attached hydrogens (tertiary/aromatic N) is 5. The Kier molecular flexibility index (Phi) is 7.40. The van der Waals surface area contributed by atoms with E-state index >= 15 is 0 Å². The van der Waals surface area contributed by atoms with Gasteiger partial charge in [-0.05, 0) is 55.8 Å². The Morgan fingerprint density at radius 3 is 2.48 bits per heavy atom. The minimum atomic E-state index is -0.550. The minimum Gasteiger partial charge on any atom is -0.493 e. The van der Waals surface area contributed by atoms with Crippen molar-refractivity contribution in [3.63, 3.8) is 0 Å². The summed E-state index contributed by atoms with van der Waals surface area (Å²) in [5, 5.41) is 15.9. The molecule has 0 aliphatic carbocycles. The van der Waals surface area contributed by atoms with Crippen LogP contribution in [0.1, 0.15) is 23.0 Å². The number of carbonyl (C=O) groups is 1. The number of aromatic nitrogens is 5. The van der Waals surface area contributed by atoms with Crippen LogP contribution in [0.25, 0.3) is 16.6 Å². The van der Waals surface area contributed by atoms with Crippen molar-refractivity contribution in [2.75, 3.05) is 26.1 Å². The zero-order valence-electron chi connectivity index (χ0n) is 22.1. The molecule has 5 rings (SSSR count). The number of aryl methyl sites for hydroxylation is 1. The van der Waals surface area contributed by atoms with E-state index in [2.05, 4.69) is 25.6 Å². The number of nitrogens with one attached hydrogen (secondary N) is 1. The van der Waals surface area contributed by atoms with Gasteiger partial charge in [0, 0.05) is 23.7 Å². The summed E-state index contributed by atoms with van der Waals surface area (Å²) in [5.74, 6) is 1.30. The Hall–Kier alpha value is -5.26. The maximum Gasteiger partial charge on any atom is 0.281 e. The number of anilines is 1. The van der Waals surface area contributed by atoms with Crippen LogP contribution < -0.4 is 24.3 Å². The molecule has 40 heavy (non-hydrogen) atoms. The number of rotatable bonds is 9. The summed E-state index contributed by atoms with van der Waals surface area (Å²) in [7, 11) is 3.10. The molecule has 11 nitrogen and oxygen atoms in total. The SMILES string of the molecule is CCOc1cn(-c2ccc(F)cc2C)nc1C(=O)Nc1ccc(Oc2ccnc3cc(OC)c(OC)cc23)nn1. The van der Waals surface area contributed by atoms with E-state index in [9.17, 15) is 9.18 Å². The first-order chi connectivity index (χ1) is 19.4. The molecule has 1 amide bonds. The Balaban J connectivity index is 1.35. The summed E-state index contributed by atoms with van der Waals surface area (Å²) >= 11 is 0. The average Bonchev–Trinajstić information content (AvgIpc) is 3.37. The van der Waals surface area contributed by atoms with E-state index in [4.69, 9.17) is 18.9 Å². The molecule has 2 aromatic carbocycles. The van der Waals surface area contributed by atoms with Gasteiger partial charge in [0.1, 0.15) is 11.6 Å². The van der Waals surface area contributed by atoms with Crippen molar-refractivity contribution in [3.8, 4) is 34.6 Å². The third kappa shape index (κ3) is 5.32. The van der Waals surface area contributed by atoms with Crippen LogP contribution in [0.3, 0.4) is 0 Å². The average molecular weight is 545 g/mol. The van der Waals surface area contributed by atoms with Gasteiger partial charge in [0.2, 0.25) is 5.88 Å². The Morgan fingerprint density at radius 1 is 0.975 bits per heavy atom. The summed E-state index contributed by atoms with van der Waals surface area (Å²) < 4.78 is 37.3. The monoisotopic (exact) mass is 544 g/mol. The quantitative estimate of drug-likeness (QED) is 0.269. The summed E-state index contributed by atoms with van der Waals surface area (Å²) in [4.78, 5) is 17.4. The Bertz CT molecular complexity index is 1690. The highest BCUT2D eigenvalue weighted by molar-refractivity contribution is 6.04. The first-order valence-corrected chi connectivity index (χ1v) is 12.2. The van der Waals surface area contributed by atoms with Gasteiger partial charge < -0.3 is 24.3 Å². The van der Waals surface area contributed by atoms with E-state index in [0.717, 1.165) is 0 Å². The van der Waals surface area contributed by atoms with Crippen molar-refractivity contribution >= 4 is 22.6 Å². The third-order valence-electron chi connectivity index (χ3n) is 5.90. The van der Waals surface area contributed by atoms with Gasteiger partial charge in [-0.15, -0.1) is 10.2 Å². The lowest BCUT2D eigenvalue weighted by Crippen LogP contribution is -2.15. The molecule has 1 N–H and O–H groups in total. The zero-order chi connectivity index (χ0) is 28.2. The van der Waals surface area contributed by atoms with Gasteiger partial charge in [0.25, 0.3) is 5.91 Å². The fourth-order valence-corrected chi connectivity index (χ4v) is 4.04. The molecule has 0 atom stereocenters. The molecule has 5 aromatic rings. The molecule has 0 bridgehead atoms. The lowest BCUT2D eigenvalue weighted by molar-refractivity contribution is 0.101. The predicted octanol–water partition coefficient (Wildman–Crippen LogP) is 5.12. The van der Waals surface area contributed by atoms with Gasteiger partial charge >= 0.3 is 0 Å². The summed E-state index contributed by atoms with van der Waals surface area (Å²) in [6, 6.07) is 12.6. The van der Waals surface area contributed by atoms with Gasteiger partial charge in [0.15, 0.2) is 28.8 Å². The number of carbonyl (C=O) groups excluding carboxylic acids is 1. The van der Waals surface area contributed by atoms with Crippen LogP contribution in [0.5, 0.6) is 28.9 Å². The molecule has 204 valence electrons. The maximum absolute atomic E-state index is 13.6. The number of ether oxygens (including phenoxy) is 4. The molecule has 0 aliphatic rings. The normalized spacial score (nSPS) is 10.8. The van der Waals surface area contributed by atoms with E-state index in [1.54, 1.807) is 76.9 Å². The van der Waals surface area contributed by atoms with Crippen LogP contribution in [0.2, 0.25) is 0 Å². The number of halogens is 1. The fourth-order valence-electron chi connectivity index (χ4n) is 4.04. The Labute approximate surface area is 228 Å². The van der Waals surface area contributed by atoms with Crippen molar-refractivity contribution in [2.45, 2.75) is 13.8 Å². The molecule has 0 spiro atoms. The van der Waals surface area contributed by atoms with Crippen LogP contribution in [0.15, 0.2) is 60.9 Å². The highest BCUT2D eigenvalue weighted by Crippen LogP contribution is 2.36. The molecule has 0 saturated heterocycles. The van der Waals surface area contributed by atoms with E-state index in [1.165, 1.54) is 16.8 Å². The molecule has 0 radical (unpaired) electrons. The lowest BCUT2D eigenvalue weighted by atomic mass is 10.2. The van der Waals surface area contributed by atoms with E-state index in [-0.39, 0.29) is 29.0 Å². The van der Waals surface area contributed by atoms with E-state index in [1.807, 2.05) is 0 Å². The first kappa shape index (κ1) is 26.4. The zero-order valence-corrected chi connectivity index (χ0v) is 22.1. The maximum atomic E-state index is 13.6. The molecule has 3 heterocycles. The van der Waals surface area contributed by atoms with Crippen LogP contribution >= 0.6 is 0 Å². The Morgan fingerprint density at radius 2 is 1.77 bits per heavy atom. The van der Waals surface area contributed by atoms with Crippen LogP contribution in [-0.2, 0) is 0 Å². The van der Waals surface area contributed by atoms with Crippen molar-refractivity contribution in [1.82, 2.24) is 25.0 Å². The highest BCUT2D eigenvalue weighted by atomic mass is 19.1. The smallest absolute Gasteiger partial charge is 0.281 e. The number of methoxy groups -OCH3 is 2. The van der Waals surface area contributed by atoms with Crippen molar-refractivity contribution < 1.29 is 28.1 Å². The number of fused-ring (bicyclic) bond motifs is 1. The molecule has 0 unspecified atom stereocenters. The topological polar surface area (TPSA) is 123 Å². The van der Waals surface area contributed by atoms with Gasteiger partial charge in [-0.3, -0.25) is 9.78 Å². The van der Waals surface area contributed by atoms with Crippen molar-refractivity contribution in [1.29, 1.82) is 0 Å². The second-order valence-corrected chi connectivity index (χ2v) is 8.50. The number of benzene rings is 2. The minimum absolute atomic E-state index is 0.0420. The third-order valence-corrected chi connectivity index (χ3v) is 5.90. The predicted molar refractivity (Wildman–Crippen MR) is 144 cm³/mol. The molecule has 3 aromatic heterocycles. The summed E-state index contributed by atoms with van der Waals surface area (Å²) in [5.41, 5.74) is 1.95. The van der Waals surface area contributed by atoms with Gasteiger partial charge in [-0.25, -0.2) is 9.07 Å². The van der Waals surface area contributed by atoms with Crippen LogP contribution in [0.4, 0.5) is 10.2 Å². The lowest BCUT2D eigenvalue weighted by Gasteiger charge is -2.12. The number of pyridine rings is 1. The molecule has 12 heteroatoms. The number of amides is 1. The number of hydrogen-bond donors (Lipinski definition) is 1. The number of hydrogen-bond acceptors (Lipinski definition) is 9. The van der Waals surface area contributed by atoms with Gasteiger partial charge in [0.05, 0.1) is 38.2 Å². The van der Waals surface area contributed by atoms with Gasteiger partial charge in [-0.2, -0.15) is 5.10 Å². The second-order valence-electron chi connectivity index (χ2n) is 8.50.